The lowest BCUT2D eigenvalue weighted by Gasteiger charge is -2.02. The molecule has 6 heteroatoms. The predicted molar refractivity (Wildman–Crippen MR) is 58.5 cm³/mol. The predicted octanol–water partition coefficient (Wildman–Crippen LogP) is 0.728. The normalized spacial score (nSPS) is 9.88. The minimum atomic E-state index is -0.786. The fourth-order valence-corrected chi connectivity index (χ4v) is 1.28. The van der Waals surface area contributed by atoms with Gasteiger partial charge in [0.25, 0.3) is 5.91 Å². The van der Waals surface area contributed by atoms with E-state index in [4.69, 9.17) is 10.5 Å². The third kappa shape index (κ3) is 2.31. The van der Waals surface area contributed by atoms with Crippen molar-refractivity contribution >= 4 is 11.9 Å². The van der Waals surface area contributed by atoms with Crippen molar-refractivity contribution in [3.8, 4) is 5.75 Å². The molecular weight excluding hydrogens is 222 g/mol. The number of benzene rings is 1. The average Bonchev–Trinajstić information content (AvgIpc) is 2.79. The van der Waals surface area contributed by atoms with Crippen LogP contribution in [0.1, 0.15) is 21.0 Å². The largest absolute Gasteiger partial charge is 0.422 e. The minimum Gasteiger partial charge on any atom is -0.422 e. The van der Waals surface area contributed by atoms with Gasteiger partial charge in [-0.1, -0.05) is 18.2 Å². The zero-order chi connectivity index (χ0) is 12.3. The second-order valence-electron chi connectivity index (χ2n) is 3.19. The van der Waals surface area contributed by atoms with Crippen LogP contribution in [0.3, 0.4) is 0 Å². The molecule has 0 aliphatic carbocycles. The number of nitrogens with two attached hydrogens (primary N) is 1. The van der Waals surface area contributed by atoms with E-state index in [0.717, 1.165) is 0 Å². The topological polar surface area (TPSA) is 98.1 Å². The average molecular weight is 231 g/mol. The van der Waals surface area contributed by atoms with Gasteiger partial charge in [-0.25, -0.2) is 9.78 Å². The summed E-state index contributed by atoms with van der Waals surface area (Å²) in [5, 5.41) is 0. The molecule has 0 radical (unpaired) electrons. The van der Waals surface area contributed by atoms with Gasteiger partial charge in [0, 0.05) is 0 Å². The molecule has 1 aromatic carbocycles. The third-order valence-corrected chi connectivity index (χ3v) is 2.03. The summed E-state index contributed by atoms with van der Waals surface area (Å²) < 4.78 is 5.03. The van der Waals surface area contributed by atoms with Crippen LogP contribution in [0.15, 0.2) is 36.7 Å². The number of carbonyl (C=O) groups is 2. The quantitative estimate of drug-likeness (QED) is 0.600. The molecule has 0 unspecified atom stereocenters. The zero-order valence-corrected chi connectivity index (χ0v) is 8.71. The van der Waals surface area contributed by atoms with Gasteiger partial charge in [-0.15, -0.1) is 0 Å². The van der Waals surface area contributed by atoms with E-state index in [0.29, 0.717) is 5.75 Å². The van der Waals surface area contributed by atoms with E-state index < -0.39 is 11.9 Å². The first-order valence-electron chi connectivity index (χ1n) is 4.79. The van der Waals surface area contributed by atoms with Gasteiger partial charge in [0.15, 0.2) is 11.4 Å². The Balaban J connectivity index is 2.21. The van der Waals surface area contributed by atoms with Gasteiger partial charge in [0.2, 0.25) is 0 Å². The molecule has 2 aromatic rings. The van der Waals surface area contributed by atoms with Gasteiger partial charge in [-0.05, 0) is 12.1 Å². The fraction of sp³-hybridized carbons (Fsp3) is 0. The van der Waals surface area contributed by atoms with Crippen molar-refractivity contribution in [2.75, 3.05) is 0 Å². The first-order chi connectivity index (χ1) is 8.18. The molecule has 86 valence electrons. The van der Waals surface area contributed by atoms with E-state index in [2.05, 4.69) is 9.97 Å². The number of nitrogens with one attached hydrogen (secondary N) is 1. The van der Waals surface area contributed by atoms with Crippen LogP contribution in [0.4, 0.5) is 0 Å². The number of hydrogen-bond donors (Lipinski definition) is 2. The fourth-order valence-electron chi connectivity index (χ4n) is 1.28. The number of para-hydroxylation sites is 1. The maximum atomic E-state index is 11.7. The third-order valence-electron chi connectivity index (χ3n) is 2.03. The number of H-pyrrole nitrogens is 1. The van der Waals surface area contributed by atoms with Crippen LogP contribution >= 0.6 is 0 Å². The first kappa shape index (κ1) is 10.9. The Morgan fingerprint density at radius 3 is 2.59 bits per heavy atom. The summed E-state index contributed by atoms with van der Waals surface area (Å²) in [6.45, 7) is 0. The number of amides is 1. The van der Waals surface area contributed by atoms with Crippen LogP contribution in [-0.4, -0.2) is 21.8 Å². The highest BCUT2D eigenvalue weighted by atomic mass is 16.5. The van der Waals surface area contributed by atoms with E-state index in [1.54, 1.807) is 30.3 Å². The standard InChI is InChI=1S/C11H9N3O3/c12-10(15)8-9(14-6-13-8)11(16)17-7-4-2-1-3-5-7/h1-6H,(H2,12,15)(H,13,14). The minimum absolute atomic E-state index is 0.0543. The number of hydrogen-bond acceptors (Lipinski definition) is 4. The SMILES string of the molecule is NC(=O)c1nc[nH]c1C(=O)Oc1ccccc1. The van der Waals surface area contributed by atoms with Crippen LogP contribution in [0.25, 0.3) is 0 Å². The summed E-state index contributed by atoms with van der Waals surface area (Å²) in [6, 6.07) is 8.49. The monoisotopic (exact) mass is 231 g/mol. The van der Waals surface area contributed by atoms with Crippen LogP contribution in [0.5, 0.6) is 5.75 Å². The number of primary amides is 1. The Labute approximate surface area is 96.4 Å². The number of esters is 1. The van der Waals surface area contributed by atoms with Gasteiger partial charge in [0.05, 0.1) is 6.33 Å². The maximum Gasteiger partial charge on any atom is 0.362 e. The second kappa shape index (κ2) is 4.48. The lowest BCUT2D eigenvalue weighted by molar-refractivity contribution is 0.0724. The van der Waals surface area contributed by atoms with Crippen LogP contribution in [0, 0.1) is 0 Å². The number of nitrogens with zero attached hydrogens (tertiary/aromatic N) is 1. The van der Waals surface area contributed by atoms with Crippen molar-refractivity contribution in [1.29, 1.82) is 0 Å². The summed E-state index contributed by atoms with van der Waals surface area (Å²) in [7, 11) is 0. The summed E-state index contributed by atoms with van der Waals surface area (Å²) in [5.41, 5.74) is 4.87. The van der Waals surface area contributed by atoms with Crippen LogP contribution < -0.4 is 10.5 Å². The molecule has 1 aromatic heterocycles. The number of carbonyl (C=O) groups excluding carboxylic acids is 2. The van der Waals surface area contributed by atoms with Gasteiger partial charge in [-0.2, -0.15) is 0 Å². The van der Waals surface area contributed by atoms with Gasteiger partial charge in [-0.3, -0.25) is 4.79 Å². The Kier molecular flexibility index (Phi) is 2.87. The van der Waals surface area contributed by atoms with Gasteiger partial charge >= 0.3 is 5.97 Å². The van der Waals surface area contributed by atoms with E-state index in [1.165, 1.54) is 6.33 Å². The molecule has 0 saturated carbocycles. The number of aromatic amines is 1. The van der Waals surface area contributed by atoms with Crippen molar-refractivity contribution in [2.24, 2.45) is 5.73 Å². The molecule has 0 aliphatic heterocycles. The van der Waals surface area contributed by atoms with Crippen molar-refractivity contribution in [1.82, 2.24) is 9.97 Å². The highest BCUT2D eigenvalue weighted by Crippen LogP contribution is 2.12. The highest BCUT2D eigenvalue weighted by molar-refractivity contribution is 6.02. The molecule has 17 heavy (non-hydrogen) atoms. The molecule has 0 fully saturated rings. The molecule has 0 aliphatic rings. The molecule has 2 rings (SSSR count). The number of aromatic nitrogens is 2. The number of ether oxygens (including phenoxy) is 1. The Morgan fingerprint density at radius 2 is 1.94 bits per heavy atom. The molecule has 1 heterocycles. The summed E-state index contributed by atoms with van der Waals surface area (Å²) in [5.74, 6) is -1.11. The van der Waals surface area contributed by atoms with Crippen LogP contribution in [-0.2, 0) is 0 Å². The zero-order valence-electron chi connectivity index (χ0n) is 8.71. The molecule has 0 spiro atoms. The summed E-state index contributed by atoms with van der Waals surface area (Å²) in [4.78, 5) is 28.8. The Morgan fingerprint density at radius 1 is 1.24 bits per heavy atom. The van der Waals surface area contributed by atoms with Crippen molar-refractivity contribution in [3.05, 3.63) is 48.0 Å². The second-order valence-corrected chi connectivity index (χ2v) is 3.19. The Hall–Kier alpha value is -2.63. The Bertz CT molecular complexity index is 548. The highest BCUT2D eigenvalue weighted by Gasteiger charge is 2.19. The first-order valence-corrected chi connectivity index (χ1v) is 4.79. The van der Waals surface area contributed by atoms with E-state index in [-0.39, 0.29) is 11.4 Å². The van der Waals surface area contributed by atoms with Crippen molar-refractivity contribution < 1.29 is 14.3 Å². The van der Waals surface area contributed by atoms with Gasteiger partial charge in [0.1, 0.15) is 5.75 Å². The summed E-state index contributed by atoms with van der Waals surface area (Å²) in [6.07, 6.45) is 1.21. The molecule has 0 saturated heterocycles. The van der Waals surface area contributed by atoms with Crippen molar-refractivity contribution in [3.63, 3.8) is 0 Å². The molecule has 0 bridgehead atoms. The van der Waals surface area contributed by atoms with Crippen LogP contribution in [0.2, 0.25) is 0 Å². The van der Waals surface area contributed by atoms with E-state index >= 15 is 0 Å². The molecular formula is C11H9N3O3. The number of rotatable bonds is 3. The molecule has 1 amide bonds. The summed E-state index contributed by atoms with van der Waals surface area (Å²) >= 11 is 0. The number of imidazole rings is 1. The van der Waals surface area contributed by atoms with E-state index in [1.807, 2.05) is 0 Å². The molecule has 3 N–H and O–H groups in total. The van der Waals surface area contributed by atoms with Gasteiger partial charge < -0.3 is 15.5 Å². The lowest BCUT2D eigenvalue weighted by atomic mass is 10.3. The maximum absolute atomic E-state index is 11.7. The molecule has 6 nitrogen and oxygen atoms in total. The lowest BCUT2D eigenvalue weighted by Crippen LogP contribution is -2.19. The molecule has 0 atom stereocenters. The van der Waals surface area contributed by atoms with Crippen molar-refractivity contribution in [2.45, 2.75) is 0 Å². The smallest absolute Gasteiger partial charge is 0.362 e. The van der Waals surface area contributed by atoms with E-state index in [9.17, 15) is 9.59 Å².